The molecule has 1 saturated heterocycles. The fourth-order valence-corrected chi connectivity index (χ4v) is 4.92. The number of carbonyl (C=O) groups excluding carboxylic acids is 3. The van der Waals surface area contributed by atoms with Gasteiger partial charge in [0.1, 0.15) is 11.7 Å². The van der Waals surface area contributed by atoms with Crippen molar-refractivity contribution in [1.29, 1.82) is 0 Å². The van der Waals surface area contributed by atoms with E-state index in [9.17, 15) is 22.8 Å². The third-order valence-corrected chi connectivity index (χ3v) is 6.90. The van der Waals surface area contributed by atoms with E-state index in [1.54, 1.807) is 0 Å². The van der Waals surface area contributed by atoms with Crippen LogP contribution in [0.25, 0.3) is 0 Å². The highest BCUT2D eigenvalue weighted by Gasteiger charge is 2.58. The summed E-state index contributed by atoms with van der Waals surface area (Å²) in [5.74, 6) is -2.67. The van der Waals surface area contributed by atoms with E-state index in [2.05, 4.69) is 19.7 Å². The molecule has 0 unspecified atom stereocenters. The molecule has 0 radical (unpaired) electrons. The SMILES string of the molecule is CC1(C)[C@H](NC(=O)/C(=N\OCC(=O)OC(c2ccccc2)c2ccccc2)c2csc(N)n2)C(=O)N1OS(=O)(=O)O. The van der Waals surface area contributed by atoms with Gasteiger partial charge in [-0.2, -0.15) is 13.5 Å². The molecule has 1 atom stereocenters. The lowest BCUT2D eigenvalue weighted by Crippen LogP contribution is -2.76. The molecule has 16 heteroatoms. The summed E-state index contributed by atoms with van der Waals surface area (Å²) >= 11 is 1.01. The molecule has 0 bridgehead atoms. The molecule has 3 aromatic rings. The van der Waals surface area contributed by atoms with Gasteiger partial charge in [-0.3, -0.25) is 14.1 Å². The van der Waals surface area contributed by atoms with Gasteiger partial charge in [-0.05, 0) is 25.0 Å². The maximum atomic E-state index is 13.1. The molecule has 4 rings (SSSR count). The van der Waals surface area contributed by atoms with E-state index in [0.717, 1.165) is 22.5 Å². The van der Waals surface area contributed by atoms with Gasteiger partial charge in [0, 0.05) is 5.38 Å². The van der Waals surface area contributed by atoms with Crippen molar-refractivity contribution in [3.8, 4) is 0 Å². The number of hydrogen-bond donors (Lipinski definition) is 3. The Morgan fingerprint density at radius 1 is 1.15 bits per heavy atom. The second-order valence-corrected chi connectivity index (χ2v) is 11.1. The quantitative estimate of drug-likeness (QED) is 0.0945. The molecule has 4 N–H and O–H groups in total. The minimum atomic E-state index is -4.98. The Morgan fingerprint density at radius 3 is 2.22 bits per heavy atom. The normalized spacial score (nSPS) is 16.7. The second-order valence-electron chi connectivity index (χ2n) is 9.17. The Kier molecular flexibility index (Phi) is 8.67. The fourth-order valence-electron chi connectivity index (χ4n) is 3.92. The summed E-state index contributed by atoms with van der Waals surface area (Å²) in [5.41, 5.74) is 5.37. The fraction of sp³-hybridized carbons (Fsp3) is 0.240. The van der Waals surface area contributed by atoms with Gasteiger partial charge >= 0.3 is 16.4 Å². The standard InChI is InChI=1S/C25H25N5O9S2/c1-25(2)21(23(33)30(25)39-41(34,35)36)28-22(32)19(17-14-40-24(26)27-17)29-37-13-18(31)38-20(15-9-5-3-6-10-15)16-11-7-4-8-12-16/h3-12,14,20-21H,13H2,1-2H3,(H2,26,27)(H,28,32)(H,34,35,36)/b29-19-/t21-/m1/s1. The van der Waals surface area contributed by atoms with Gasteiger partial charge in [0.25, 0.3) is 11.8 Å². The monoisotopic (exact) mass is 603 g/mol. The number of hydroxylamine groups is 2. The molecular formula is C25H25N5O9S2. The van der Waals surface area contributed by atoms with Crippen LogP contribution in [0.15, 0.2) is 71.2 Å². The number of thiazole rings is 1. The Hall–Kier alpha value is -4.38. The zero-order valence-electron chi connectivity index (χ0n) is 21.7. The first-order chi connectivity index (χ1) is 19.4. The van der Waals surface area contributed by atoms with Gasteiger partial charge in [0.05, 0.1) is 5.54 Å². The molecular weight excluding hydrogens is 578 g/mol. The first-order valence-corrected chi connectivity index (χ1v) is 14.1. The van der Waals surface area contributed by atoms with Crippen LogP contribution in [0.4, 0.5) is 5.13 Å². The summed E-state index contributed by atoms with van der Waals surface area (Å²) < 4.78 is 41.0. The molecule has 1 aromatic heterocycles. The predicted octanol–water partition coefficient (Wildman–Crippen LogP) is 1.62. The highest BCUT2D eigenvalue weighted by molar-refractivity contribution is 7.80. The van der Waals surface area contributed by atoms with E-state index in [0.29, 0.717) is 5.06 Å². The number of nitrogens with two attached hydrogens (primary N) is 1. The van der Waals surface area contributed by atoms with Gasteiger partial charge in [-0.15, -0.1) is 15.6 Å². The number of nitrogens with zero attached hydrogens (tertiary/aromatic N) is 3. The summed E-state index contributed by atoms with van der Waals surface area (Å²) in [4.78, 5) is 47.4. The number of ether oxygens (including phenoxy) is 1. The van der Waals surface area contributed by atoms with E-state index >= 15 is 0 Å². The van der Waals surface area contributed by atoms with Gasteiger partial charge in [-0.25, -0.2) is 9.78 Å². The zero-order valence-corrected chi connectivity index (χ0v) is 23.3. The zero-order chi connectivity index (χ0) is 29.8. The minimum absolute atomic E-state index is 0.000403. The molecule has 0 aliphatic carbocycles. The summed E-state index contributed by atoms with van der Waals surface area (Å²) in [7, 11) is -4.98. The lowest BCUT2D eigenvalue weighted by molar-refractivity contribution is -0.218. The molecule has 1 aliphatic rings. The topological polar surface area (TPSA) is 200 Å². The third kappa shape index (κ3) is 7.04. The van der Waals surface area contributed by atoms with Crippen LogP contribution in [0, 0.1) is 0 Å². The number of anilines is 1. The van der Waals surface area contributed by atoms with Crippen LogP contribution in [-0.4, -0.2) is 64.7 Å². The van der Waals surface area contributed by atoms with Crippen LogP contribution < -0.4 is 11.1 Å². The minimum Gasteiger partial charge on any atom is -0.450 e. The second kappa shape index (κ2) is 12.0. The van der Waals surface area contributed by atoms with Crippen molar-refractivity contribution in [3.05, 3.63) is 82.9 Å². The number of amides is 2. The number of hydrogen-bond acceptors (Lipinski definition) is 12. The van der Waals surface area contributed by atoms with E-state index in [-0.39, 0.29) is 10.8 Å². The molecule has 0 saturated carbocycles. The number of β-lactam (4-membered cyclic amide) rings is 1. The smallest absolute Gasteiger partial charge is 0.418 e. The van der Waals surface area contributed by atoms with Gasteiger partial charge < -0.3 is 20.6 Å². The number of esters is 1. The van der Waals surface area contributed by atoms with Crippen molar-refractivity contribution < 1.29 is 41.2 Å². The number of aromatic nitrogens is 1. The van der Waals surface area contributed by atoms with Crippen LogP contribution in [0.2, 0.25) is 0 Å². The molecule has 2 heterocycles. The lowest BCUT2D eigenvalue weighted by atomic mass is 9.84. The first-order valence-electron chi connectivity index (χ1n) is 11.9. The highest BCUT2D eigenvalue weighted by atomic mass is 32.3. The van der Waals surface area contributed by atoms with Crippen molar-refractivity contribution in [2.75, 3.05) is 12.3 Å². The Morgan fingerprint density at radius 2 is 1.73 bits per heavy atom. The summed E-state index contributed by atoms with van der Waals surface area (Å²) in [6.07, 6.45) is -0.724. The number of oxime groups is 1. The first kappa shape index (κ1) is 29.6. The Bertz CT molecular complexity index is 1520. The van der Waals surface area contributed by atoms with Gasteiger partial charge in [-0.1, -0.05) is 65.8 Å². The molecule has 0 spiro atoms. The summed E-state index contributed by atoms with van der Waals surface area (Å²) in [5, 5.41) is 8.10. The van der Waals surface area contributed by atoms with Crippen LogP contribution in [0.5, 0.6) is 0 Å². The van der Waals surface area contributed by atoms with Crippen molar-refractivity contribution in [1.82, 2.24) is 15.4 Å². The highest BCUT2D eigenvalue weighted by Crippen LogP contribution is 2.33. The van der Waals surface area contributed by atoms with E-state index in [4.69, 9.17) is 19.9 Å². The molecule has 2 amide bonds. The maximum Gasteiger partial charge on any atom is 0.418 e. The predicted molar refractivity (Wildman–Crippen MR) is 145 cm³/mol. The summed E-state index contributed by atoms with van der Waals surface area (Å²) in [6, 6.07) is 16.9. The van der Waals surface area contributed by atoms with Crippen molar-refractivity contribution in [3.63, 3.8) is 0 Å². The number of rotatable bonds is 11. The average molecular weight is 604 g/mol. The molecule has 1 aliphatic heterocycles. The largest absolute Gasteiger partial charge is 0.450 e. The average Bonchev–Trinajstić information content (AvgIpc) is 3.37. The molecule has 1 fully saturated rings. The van der Waals surface area contributed by atoms with E-state index in [1.807, 2.05) is 60.7 Å². The van der Waals surface area contributed by atoms with Crippen molar-refractivity contribution >= 4 is 50.4 Å². The molecule has 14 nitrogen and oxygen atoms in total. The number of nitrogens with one attached hydrogen (secondary N) is 1. The van der Waals surface area contributed by atoms with Crippen molar-refractivity contribution in [2.45, 2.75) is 31.5 Å². The summed E-state index contributed by atoms with van der Waals surface area (Å²) in [6.45, 7) is 2.12. The number of carbonyl (C=O) groups is 3. The van der Waals surface area contributed by atoms with Crippen LogP contribution in [-0.2, 0) is 38.6 Å². The lowest BCUT2D eigenvalue weighted by Gasteiger charge is -2.50. The Balaban J connectivity index is 1.47. The number of nitrogen functional groups attached to an aromatic ring is 1. The van der Waals surface area contributed by atoms with Crippen LogP contribution in [0.1, 0.15) is 36.8 Å². The van der Waals surface area contributed by atoms with E-state index in [1.165, 1.54) is 19.2 Å². The Labute approximate surface area is 238 Å². The van der Waals surface area contributed by atoms with E-state index < -0.39 is 58.2 Å². The molecule has 216 valence electrons. The van der Waals surface area contributed by atoms with Gasteiger partial charge in [0.15, 0.2) is 16.9 Å². The van der Waals surface area contributed by atoms with Crippen LogP contribution >= 0.6 is 11.3 Å². The van der Waals surface area contributed by atoms with Gasteiger partial charge in [0.2, 0.25) is 6.61 Å². The maximum absolute atomic E-state index is 13.1. The molecule has 2 aromatic carbocycles. The third-order valence-electron chi connectivity index (χ3n) is 5.89. The molecule has 41 heavy (non-hydrogen) atoms. The van der Waals surface area contributed by atoms with Crippen molar-refractivity contribution in [2.24, 2.45) is 5.16 Å². The van der Waals surface area contributed by atoms with Crippen LogP contribution in [0.3, 0.4) is 0 Å². The number of benzene rings is 2.